The van der Waals surface area contributed by atoms with Gasteiger partial charge >= 0.3 is 12.0 Å². The smallest absolute Gasteiger partial charge is 0.326 e. The van der Waals surface area contributed by atoms with Gasteiger partial charge in [-0.05, 0) is 45.4 Å². The molecule has 0 spiro atoms. The number of ether oxygens (including phenoxy) is 2. The van der Waals surface area contributed by atoms with E-state index < -0.39 is 17.6 Å². The topological polar surface area (TPSA) is 67.9 Å². The Kier molecular flexibility index (Phi) is 5.79. The minimum atomic E-state index is -0.575. The average molecular weight is 308 g/mol. The number of benzene rings is 1. The molecule has 0 saturated heterocycles. The van der Waals surface area contributed by atoms with Crippen LogP contribution in [0.5, 0.6) is 5.75 Å². The number of aryl methyl sites for hydroxylation is 1. The number of urea groups is 1. The Labute approximate surface area is 131 Å². The van der Waals surface area contributed by atoms with Crippen molar-refractivity contribution < 1.29 is 19.1 Å². The molecule has 1 aromatic rings. The number of hydrogen-bond acceptors (Lipinski definition) is 4. The summed E-state index contributed by atoms with van der Waals surface area (Å²) in [5.41, 5.74) is 0.975. The fourth-order valence-corrected chi connectivity index (χ4v) is 1.77. The van der Waals surface area contributed by atoms with Gasteiger partial charge in [-0.15, -0.1) is 0 Å². The predicted molar refractivity (Wildman–Crippen MR) is 85.2 cm³/mol. The van der Waals surface area contributed by atoms with Crippen molar-refractivity contribution >= 4 is 17.7 Å². The lowest BCUT2D eigenvalue weighted by Gasteiger charge is -2.23. The molecule has 0 aliphatic rings. The number of anilines is 1. The van der Waals surface area contributed by atoms with Crippen LogP contribution in [0.4, 0.5) is 10.5 Å². The number of carbonyl (C=O) groups excluding carboxylic acids is 2. The van der Waals surface area contributed by atoms with Gasteiger partial charge in [-0.25, -0.2) is 4.79 Å². The monoisotopic (exact) mass is 308 g/mol. The first-order chi connectivity index (χ1) is 10.1. The Morgan fingerprint density at radius 1 is 1.27 bits per heavy atom. The van der Waals surface area contributed by atoms with Crippen molar-refractivity contribution in [2.24, 2.45) is 0 Å². The molecule has 0 saturated carbocycles. The van der Waals surface area contributed by atoms with Crippen LogP contribution in [0.3, 0.4) is 0 Å². The SMILES string of the molecule is COc1ccc(C)cc1NC(=O)N(C)CC(=O)OC(C)(C)C. The highest BCUT2D eigenvalue weighted by Gasteiger charge is 2.20. The van der Waals surface area contributed by atoms with E-state index in [0.29, 0.717) is 11.4 Å². The molecule has 0 atom stereocenters. The van der Waals surface area contributed by atoms with Crippen LogP contribution >= 0.6 is 0 Å². The molecular formula is C16H24N2O4. The molecule has 1 aromatic carbocycles. The molecule has 0 radical (unpaired) electrons. The van der Waals surface area contributed by atoms with Gasteiger partial charge in [0, 0.05) is 7.05 Å². The van der Waals surface area contributed by atoms with Gasteiger partial charge in [-0.3, -0.25) is 4.79 Å². The Bertz CT molecular complexity index is 550. The summed E-state index contributed by atoms with van der Waals surface area (Å²) in [6, 6.07) is 5.06. The van der Waals surface area contributed by atoms with E-state index in [4.69, 9.17) is 9.47 Å². The van der Waals surface area contributed by atoms with E-state index in [9.17, 15) is 9.59 Å². The Morgan fingerprint density at radius 3 is 2.45 bits per heavy atom. The van der Waals surface area contributed by atoms with Crippen LogP contribution in [0.15, 0.2) is 18.2 Å². The van der Waals surface area contributed by atoms with Crippen LogP contribution in [0.2, 0.25) is 0 Å². The lowest BCUT2D eigenvalue weighted by molar-refractivity contribution is -0.155. The minimum Gasteiger partial charge on any atom is -0.495 e. The third-order valence-electron chi connectivity index (χ3n) is 2.73. The van der Waals surface area contributed by atoms with Gasteiger partial charge in [0.25, 0.3) is 0 Å². The maximum Gasteiger partial charge on any atom is 0.326 e. The Balaban J connectivity index is 2.69. The van der Waals surface area contributed by atoms with Crippen molar-refractivity contribution in [2.75, 3.05) is 26.0 Å². The molecule has 0 aliphatic carbocycles. The lowest BCUT2D eigenvalue weighted by Crippen LogP contribution is -2.38. The molecule has 0 unspecified atom stereocenters. The van der Waals surface area contributed by atoms with Crippen LogP contribution < -0.4 is 10.1 Å². The number of rotatable bonds is 4. The van der Waals surface area contributed by atoms with E-state index >= 15 is 0 Å². The van der Waals surface area contributed by atoms with E-state index in [-0.39, 0.29) is 6.54 Å². The van der Waals surface area contributed by atoms with Gasteiger partial charge < -0.3 is 19.7 Å². The van der Waals surface area contributed by atoms with Crippen LogP contribution in [0, 0.1) is 6.92 Å². The first kappa shape index (κ1) is 17.8. The summed E-state index contributed by atoms with van der Waals surface area (Å²) in [5.74, 6) is 0.103. The highest BCUT2D eigenvalue weighted by Crippen LogP contribution is 2.25. The van der Waals surface area contributed by atoms with E-state index in [1.54, 1.807) is 32.9 Å². The van der Waals surface area contributed by atoms with Crippen molar-refractivity contribution in [3.8, 4) is 5.75 Å². The molecule has 2 amide bonds. The number of hydrogen-bond donors (Lipinski definition) is 1. The molecule has 0 aromatic heterocycles. The largest absolute Gasteiger partial charge is 0.495 e. The van der Waals surface area contributed by atoms with Crippen LogP contribution in [-0.2, 0) is 9.53 Å². The second-order valence-electron chi connectivity index (χ2n) is 6.08. The highest BCUT2D eigenvalue weighted by atomic mass is 16.6. The van der Waals surface area contributed by atoms with Gasteiger partial charge in [0.15, 0.2) is 0 Å². The average Bonchev–Trinajstić information content (AvgIpc) is 2.36. The summed E-state index contributed by atoms with van der Waals surface area (Å²) in [6.07, 6.45) is 0. The Morgan fingerprint density at radius 2 is 1.91 bits per heavy atom. The molecule has 1 N–H and O–H groups in total. The number of likely N-dealkylation sites (N-methyl/N-ethyl adjacent to an activating group) is 1. The fraction of sp³-hybridized carbons (Fsp3) is 0.500. The summed E-state index contributed by atoms with van der Waals surface area (Å²) in [7, 11) is 3.06. The molecule has 0 fully saturated rings. The number of methoxy groups -OCH3 is 1. The number of amides is 2. The van der Waals surface area contributed by atoms with E-state index in [1.807, 2.05) is 13.0 Å². The van der Waals surface area contributed by atoms with Gasteiger partial charge in [0.2, 0.25) is 0 Å². The van der Waals surface area contributed by atoms with Gasteiger partial charge in [-0.2, -0.15) is 0 Å². The Hall–Kier alpha value is -2.24. The fourth-order valence-electron chi connectivity index (χ4n) is 1.77. The zero-order valence-corrected chi connectivity index (χ0v) is 14.0. The third kappa shape index (κ3) is 5.63. The molecule has 0 heterocycles. The summed E-state index contributed by atoms with van der Waals surface area (Å²) in [6.45, 7) is 7.13. The number of nitrogens with zero attached hydrogens (tertiary/aromatic N) is 1. The predicted octanol–water partition coefficient (Wildman–Crippen LogP) is 2.81. The molecule has 1 rings (SSSR count). The van der Waals surface area contributed by atoms with Gasteiger partial charge in [0.1, 0.15) is 17.9 Å². The number of esters is 1. The van der Waals surface area contributed by atoms with Crippen LogP contribution in [-0.4, -0.2) is 43.2 Å². The summed E-state index contributed by atoms with van der Waals surface area (Å²) < 4.78 is 10.4. The van der Waals surface area contributed by atoms with Crippen molar-refractivity contribution in [1.29, 1.82) is 0 Å². The second kappa shape index (κ2) is 7.15. The zero-order valence-electron chi connectivity index (χ0n) is 14.0. The van der Waals surface area contributed by atoms with Gasteiger partial charge in [-0.1, -0.05) is 6.07 Å². The first-order valence-electron chi connectivity index (χ1n) is 7.01. The maximum atomic E-state index is 12.1. The molecule has 22 heavy (non-hydrogen) atoms. The third-order valence-corrected chi connectivity index (χ3v) is 2.73. The lowest BCUT2D eigenvalue weighted by atomic mass is 10.2. The van der Waals surface area contributed by atoms with Crippen molar-refractivity contribution in [3.05, 3.63) is 23.8 Å². The summed E-state index contributed by atoms with van der Waals surface area (Å²) in [4.78, 5) is 25.1. The van der Waals surface area contributed by atoms with E-state index in [0.717, 1.165) is 5.56 Å². The molecule has 122 valence electrons. The molecule has 6 nitrogen and oxygen atoms in total. The van der Waals surface area contributed by atoms with E-state index in [1.165, 1.54) is 19.1 Å². The summed E-state index contributed by atoms with van der Waals surface area (Å²) >= 11 is 0. The van der Waals surface area contributed by atoms with Crippen molar-refractivity contribution in [2.45, 2.75) is 33.3 Å². The molecule has 0 aliphatic heterocycles. The number of carbonyl (C=O) groups is 2. The molecule has 6 heteroatoms. The zero-order chi connectivity index (χ0) is 16.9. The van der Waals surface area contributed by atoms with Crippen molar-refractivity contribution in [1.82, 2.24) is 4.90 Å². The normalized spacial score (nSPS) is 10.8. The standard InChI is InChI=1S/C16H24N2O4/c1-11-7-8-13(21-6)12(9-11)17-15(20)18(5)10-14(19)22-16(2,3)4/h7-9H,10H2,1-6H3,(H,17,20). The first-order valence-corrected chi connectivity index (χ1v) is 7.01. The highest BCUT2D eigenvalue weighted by molar-refractivity contribution is 5.92. The molecule has 0 bridgehead atoms. The van der Waals surface area contributed by atoms with E-state index in [2.05, 4.69) is 5.32 Å². The molecular weight excluding hydrogens is 284 g/mol. The quantitative estimate of drug-likeness (QED) is 0.869. The summed E-state index contributed by atoms with van der Waals surface area (Å²) in [5, 5.41) is 2.72. The van der Waals surface area contributed by atoms with Gasteiger partial charge in [0.05, 0.1) is 12.8 Å². The van der Waals surface area contributed by atoms with Crippen molar-refractivity contribution in [3.63, 3.8) is 0 Å². The second-order valence-corrected chi connectivity index (χ2v) is 6.08. The van der Waals surface area contributed by atoms with Crippen LogP contribution in [0.25, 0.3) is 0 Å². The number of nitrogens with one attached hydrogen (secondary N) is 1. The van der Waals surface area contributed by atoms with Crippen LogP contribution in [0.1, 0.15) is 26.3 Å². The maximum absolute atomic E-state index is 12.1. The minimum absolute atomic E-state index is 0.128.